The Morgan fingerprint density at radius 3 is 2.78 bits per heavy atom. The van der Waals surface area contributed by atoms with Crippen LogP contribution in [0.5, 0.6) is 5.75 Å². The van der Waals surface area contributed by atoms with Crippen molar-refractivity contribution in [3.8, 4) is 5.75 Å². The van der Waals surface area contributed by atoms with Crippen molar-refractivity contribution in [1.29, 1.82) is 0 Å². The molecular formula is C13H12Cl2N2O. The first-order valence-corrected chi connectivity index (χ1v) is 6.12. The summed E-state index contributed by atoms with van der Waals surface area (Å²) in [5.41, 5.74) is 1.71. The van der Waals surface area contributed by atoms with E-state index in [1.54, 1.807) is 19.5 Å². The average Bonchev–Trinajstić information content (AvgIpc) is 2.39. The van der Waals surface area contributed by atoms with Gasteiger partial charge in [0, 0.05) is 29.5 Å². The number of rotatable bonds is 4. The molecule has 1 aromatic carbocycles. The molecule has 1 N–H and O–H groups in total. The molecule has 18 heavy (non-hydrogen) atoms. The van der Waals surface area contributed by atoms with Crippen molar-refractivity contribution in [2.24, 2.45) is 0 Å². The monoisotopic (exact) mass is 282 g/mol. The molecule has 0 aliphatic heterocycles. The van der Waals surface area contributed by atoms with Crippen LogP contribution in [0.2, 0.25) is 10.0 Å². The molecule has 5 heteroatoms. The van der Waals surface area contributed by atoms with E-state index in [2.05, 4.69) is 10.3 Å². The Morgan fingerprint density at radius 2 is 2.06 bits per heavy atom. The summed E-state index contributed by atoms with van der Waals surface area (Å²) in [5.74, 6) is 0.750. The quantitative estimate of drug-likeness (QED) is 0.920. The number of benzene rings is 1. The van der Waals surface area contributed by atoms with Crippen LogP contribution in [0.15, 0.2) is 36.7 Å². The number of anilines is 1. The summed E-state index contributed by atoms with van der Waals surface area (Å²) in [7, 11) is 1.62. The van der Waals surface area contributed by atoms with Gasteiger partial charge in [-0.05, 0) is 18.2 Å². The molecule has 0 aliphatic carbocycles. The van der Waals surface area contributed by atoms with Crippen LogP contribution in [0.1, 0.15) is 5.56 Å². The third-order valence-electron chi connectivity index (χ3n) is 2.52. The zero-order valence-electron chi connectivity index (χ0n) is 9.78. The number of ether oxygens (including phenoxy) is 1. The van der Waals surface area contributed by atoms with Crippen molar-refractivity contribution < 1.29 is 4.74 Å². The second-order valence-electron chi connectivity index (χ2n) is 3.63. The van der Waals surface area contributed by atoms with Gasteiger partial charge in [0.1, 0.15) is 5.75 Å². The molecule has 0 unspecified atom stereocenters. The van der Waals surface area contributed by atoms with Gasteiger partial charge in [0.25, 0.3) is 0 Å². The van der Waals surface area contributed by atoms with Crippen molar-refractivity contribution in [2.45, 2.75) is 6.54 Å². The van der Waals surface area contributed by atoms with Crippen molar-refractivity contribution in [2.75, 3.05) is 12.4 Å². The normalized spacial score (nSPS) is 10.2. The highest BCUT2D eigenvalue weighted by Gasteiger charge is 2.08. The van der Waals surface area contributed by atoms with E-state index >= 15 is 0 Å². The molecule has 2 aromatic rings. The molecule has 3 nitrogen and oxygen atoms in total. The Kier molecular flexibility index (Phi) is 4.28. The van der Waals surface area contributed by atoms with Crippen LogP contribution >= 0.6 is 23.2 Å². The van der Waals surface area contributed by atoms with E-state index in [1.165, 1.54) is 0 Å². The van der Waals surface area contributed by atoms with Gasteiger partial charge in [-0.25, -0.2) is 0 Å². The van der Waals surface area contributed by atoms with E-state index in [-0.39, 0.29) is 0 Å². The molecule has 0 atom stereocenters. The topological polar surface area (TPSA) is 34.1 Å². The number of hydrogen-bond donors (Lipinski definition) is 1. The van der Waals surface area contributed by atoms with E-state index in [9.17, 15) is 0 Å². The molecule has 0 radical (unpaired) electrons. The average molecular weight is 283 g/mol. The zero-order chi connectivity index (χ0) is 13.0. The zero-order valence-corrected chi connectivity index (χ0v) is 11.3. The van der Waals surface area contributed by atoms with Gasteiger partial charge >= 0.3 is 0 Å². The SMILES string of the molecule is COc1cccc(Cl)c1CNc1ccncc1Cl. The number of halogens is 2. The highest BCUT2D eigenvalue weighted by molar-refractivity contribution is 6.33. The van der Waals surface area contributed by atoms with Crippen molar-refractivity contribution >= 4 is 28.9 Å². The molecule has 0 amide bonds. The van der Waals surface area contributed by atoms with Crippen molar-refractivity contribution in [3.05, 3.63) is 52.3 Å². The van der Waals surface area contributed by atoms with Gasteiger partial charge in [-0.3, -0.25) is 4.98 Å². The third kappa shape index (κ3) is 2.86. The van der Waals surface area contributed by atoms with Crippen LogP contribution in [-0.2, 0) is 6.54 Å². The van der Waals surface area contributed by atoms with Crippen LogP contribution in [0.25, 0.3) is 0 Å². The van der Waals surface area contributed by atoms with E-state index in [1.807, 2.05) is 24.3 Å². The van der Waals surface area contributed by atoms with Crippen LogP contribution in [0, 0.1) is 0 Å². The maximum atomic E-state index is 6.15. The van der Waals surface area contributed by atoms with E-state index in [0.717, 1.165) is 17.0 Å². The van der Waals surface area contributed by atoms with E-state index < -0.39 is 0 Å². The van der Waals surface area contributed by atoms with Gasteiger partial charge in [-0.15, -0.1) is 0 Å². The Labute approximate surface area is 116 Å². The lowest BCUT2D eigenvalue weighted by atomic mass is 10.2. The van der Waals surface area contributed by atoms with Crippen LogP contribution in [0.4, 0.5) is 5.69 Å². The molecular weight excluding hydrogens is 271 g/mol. The van der Waals surface area contributed by atoms with E-state index in [0.29, 0.717) is 16.6 Å². The van der Waals surface area contributed by atoms with Gasteiger partial charge in [-0.2, -0.15) is 0 Å². The lowest BCUT2D eigenvalue weighted by Gasteiger charge is -2.12. The van der Waals surface area contributed by atoms with Crippen LogP contribution < -0.4 is 10.1 Å². The Hall–Kier alpha value is -1.45. The van der Waals surface area contributed by atoms with Crippen LogP contribution in [0.3, 0.4) is 0 Å². The van der Waals surface area contributed by atoms with Gasteiger partial charge in [0.15, 0.2) is 0 Å². The Balaban J connectivity index is 2.18. The summed E-state index contributed by atoms with van der Waals surface area (Å²) in [4.78, 5) is 3.93. The fourth-order valence-electron chi connectivity index (χ4n) is 1.60. The fourth-order valence-corrected chi connectivity index (χ4v) is 2.02. The lowest BCUT2D eigenvalue weighted by molar-refractivity contribution is 0.410. The van der Waals surface area contributed by atoms with Gasteiger partial charge in [-0.1, -0.05) is 29.3 Å². The molecule has 2 rings (SSSR count). The summed E-state index contributed by atoms with van der Waals surface area (Å²) in [5, 5.41) is 4.44. The van der Waals surface area contributed by atoms with Gasteiger partial charge in [0.05, 0.1) is 17.8 Å². The minimum atomic E-state index is 0.534. The number of nitrogens with zero attached hydrogens (tertiary/aromatic N) is 1. The second kappa shape index (κ2) is 5.94. The molecule has 94 valence electrons. The molecule has 1 heterocycles. The predicted molar refractivity (Wildman–Crippen MR) is 74.6 cm³/mol. The standard InChI is InChI=1S/C13H12Cl2N2O/c1-18-13-4-2-3-10(14)9(13)7-17-12-5-6-16-8-11(12)15/h2-6,8H,7H2,1H3,(H,16,17). The second-order valence-corrected chi connectivity index (χ2v) is 4.44. The van der Waals surface area contributed by atoms with Crippen molar-refractivity contribution in [1.82, 2.24) is 4.98 Å². The minimum absolute atomic E-state index is 0.534. The summed E-state index contributed by atoms with van der Waals surface area (Å²) in [6.07, 6.45) is 3.27. The Morgan fingerprint density at radius 1 is 1.22 bits per heavy atom. The molecule has 0 fully saturated rings. The van der Waals surface area contributed by atoms with E-state index in [4.69, 9.17) is 27.9 Å². The number of hydrogen-bond acceptors (Lipinski definition) is 3. The Bertz CT molecular complexity index is 546. The predicted octanol–water partition coefficient (Wildman–Crippen LogP) is 4.01. The lowest BCUT2D eigenvalue weighted by Crippen LogP contribution is -2.03. The summed E-state index contributed by atoms with van der Waals surface area (Å²) in [6, 6.07) is 7.36. The van der Waals surface area contributed by atoms with Gasteiger partial charge in [0.2, 0.25) is 0 Å². The first-order chi connectivity index (χ1) is 8.72. The highest BCUT2D eigenvalue weighted by atomic mass is 35.5. The van der Waals surface area contributed by atoms with Crippen LogP contribution in [-0.4, -0.2) is 12.1 Å². The largest absolute Gasteiger partial charge is 0.496 e. The number of nitrogens with one attached hydrogen (secondary N) is 1. The first-order valence-electron chi connectivity index (χ1n) is 5.37. The molecule has 0 spiro atoms. The maximum Gasteiger partial charge on any atom is 0.125 e. The fraction of sp³-hybridized carbons (Fsp3) is 0.154. The molecule has 0 saturated carbocycles. The highest BCUT2D eigenvalue weighted by Crippen LogP contribution is 2.28. The summed E-state index contributed by atoms with van der Waals surface area (Å²) < 4.78 is 5.28. The minimum Gasteiger partial charge on any atom is -0.496 e. The molecule has 1 aromatic heterocycles. The summed E-state index contributed by atoms with van der Waals surface area (Å²) in [6.45, 7) is 0.534. The third-order valence-corrected chi connectivity index (χ3v) is 3.18. The number of aromatic nitrogens is 1. The number of methoxy groups -OCH3 is 1. The first kappa shape index (κ1) is 13.0. The van der Waals surface area contributed by atoms with Gasteiger partial charge < -0.3 is 10.1 Å². The molecule has 0 aliphatic rings. The maximum absolute atomic E-state index is 6.15. The molecule has 0 bridgehead atoms. The molecule has 0 saturated heterocycles. The van der Waals surface area contributed by atoms with Crippen molar-refractivity contribution in [3.63, 3.8) is 0 Å². The smallest absolute Gasteiger partial charge is 0.125 e. The summed E-state index contributed by atoms with van der Waals surface area (Å²) >= 11 is 12.2. The number of pyridine rings is 1.